The molecule has 23 heavy (non-hydrogen) atoms. The minimum atomic E-state index is -0.153. The Labute approximate surface area is 137 Å². The van der Waals surface area contributed by atoms with Crippen molar-refractivity contribution in [2.45, 2.75) is 51.1 Å². The molecule has 0 atom stereocenters. The molecule has 128 valence electrons. The number of nitrogens with zero attached hydrogens (tertiary/aromatic N) is 2. The molecule has 3 N–H and O–H groups in total. The highest BCUT2D eigenvalue weighted by molar-refractivity contribution is 5.93. The predicted molar refractivity (Wildman–Crippen MR) is 88.1 cm³/mol. The largest absolute Gasteiger partial charge is 0.352 e. The Morgan fingerprint density at radius 2 is 2.04 bits per heavy atom. The van der Waals surface area contributed by atoms with Crippen LogP contribution < -0.4 is 16.0 Å². The van der Waals surface area contributed by atoms with Crippen LogP contribution in [0.1, 0.15) is 48.9 Å². The highest BCUT2D eigenvalue weighted by atomic mass is 16.2. The van der Waals surface area contributed by atoms with Crippen molar-refractivity contribution in [1.82, 2.24) is 25.7 Å². The molecule has 1 fully saturated rings. The van der Waals surface area contributed by atoms with Crippen LogP contribution in [0.15, 0.2) is 12.4 Å². The summed E-state index contributed by atoms with van der Waals surface area (Å²) in [6.07, 6.45) is 9.75. The van der Waals surface area contributed by atoms with E-state index in [1.165, 1.54) is 30.1 Å². The van der Waals surface area contributed by atoms with Crippen LogP contribution in [0.4, 0.5) is 0 Å². The first-order valence-electron chi connectivity index (χ1n) is 8.43. The van der Waals surface area contributed by atoms with Gasteiger partial charge in [0.05, 0.1) is 11.8 Å². The van der Waals surface area contributed by atoms with Crippen molar-refractivity contribution in [2.24, 2.45) is 0 Å². The lowest BCUT2D eigenvalue weighted by atomic mass is 9.95. The summed E-state index contributed by atoms with van der Waals surface area (Å²) in [7, 11) is 1.88. The second-order valence-corrected chi connectivity index (χ2v) is 6.04. The first-order chi connectivity index (χ1) is 11.2. The maximum atomic E-state index is 12.0. The van der Waals surface area contributed by atoms with E-state index in [9.17, 15) is 9.59 Å². The Kier molecular flexibility index (Phi) is 7.06. The fourth-order valence-corrected chi connectivity index (χ4v) is 2.80. The van der Waals surface area contributed by atoms with Crippen LogP contribution in [0.2, 0.25) is 0 Å². The maximum Gasteiger partial charge on any atom is 0.254 e. The van der Waals surface area contributed by atoms with E-state index in [1.807, 2.05) is 7.05 Å². The lowest BCUT2D eigenvalue weighted by Crippen LogP contribution is -2.38. The van der Waals surface area contributed by atoms with Crippen molar-refractivity contribution in [3.05, 3.63) is 18.0 Å². The van der Waals surface area contributed by atoms with Gasteiger partial charge < -0.3 is 16.0 Å². The zero-order chi connectivity index (χ0) is 16.5. The number of amides is 2. The fraction of sp³-hybridized carbons (Fsp3) is 0.688. The molecule has 2 amide bonds. The Hall–Kier alpha value is -1.89. The molecule has 0 aliphatic heterocycles. The second kappa shape index (κ2) is 9.29. The molecule has 0 aromatic carbocycles. The van der Waals surface area contributed by atoms with E-state index in [1.54, 1.807) is 6.20 Å². The highest BCUT2D eigenvalue weighted by Gasteiger charge is 2.16. The number of hydrogen-bond donors (Lipinski definition) is 3. The number of hydrogen-bond acceptors (Lipinski definition) is 4. The summed E-state index contributed by atoms with van der Waals surface area (Å²) in [4.78, 5) is 24.0. The predicted octanol–water partition coefficient (Wildman–Crippen LogP) is 0.671. The molecule has 1 heterocycles. The van der Waals surface area contributed by atoms with Gasteiger partial charge in [0.25, 0.3) is 5.91 Å². The average molecular weight is 321 g/mol. The van der Waals surface area contributed by atoms with Gasteiger partial charge in [0.15, 0.2) is 0 Å². The molecular weight excluding hydrogens is 294 g/mol. The summed E-state index contributed by atoms with van der Waals surface area (Å²) >= 11 is 0. The Morgan fingerprint density at radius 3 is 2.78 bits per heavy atom. The standard InChI is InChI=1S/C16H27N5O2/c1-17-8-5-9-18-16(23)13-10-19-21(11-13)12-15(22)20-14-6-3-2-4-7-14/h10-11,14,17H,2-9,12H2,1H3,(H,18,23)(H,20,22). The van der Waals surface area contributed by atoms with Crippen molar-refractivity contribution < 1.29 is 9.59 Å². The summed E-state index contributed by atoms with van der Waals surface area (Å²) in [5, 5.41) is 13.0. The average Bonchev–Trinajstić information content (AvgIpc) is 3.00. The molecule has 0 bridgehead atoms. The smallest absolute Gasteiger partial charge is 0.254 e. The van der Waals surface area contributed by atoms with Gasteiger partial charge in [0.2, 0.25) is 5.91 Å². The minimum absolute atomic E-state index is 0.0408. The maximum absolute atomic E-state index is 12.0. The SMILES string of the molecule is CNCCCNC(=O)c1cnn(CC(=O)NC2CCCCC2)c1. The molecule has 1 aliphatic rings. The van der Waals surface area contributed by atoms with Gasteiger partial charge in [-0.1, -0.05) is 19.3 Å². The molecule has 0 unspecified atom stereocenters. The van der Waals surface area contributed by atoms with Crippen molar-refractivity contribution in [3.8, 4) is 0 Å². The van der Waals surface area contributed by atoms with Crippen molar-refractivity contribution in [2.75, 3.05) is 20.1 Å². The molecule has 0 spiro atoms. The molecule has 1 aromatic heterocycles. The summed E-state index contributed by atoms with van der Waals surface area (Å²) in [5.41, 5.74) is 0.486. The number of rotatable bonds is 8. The molecule has 0 radical (unpaired) electrons. The van der Waals surface area contributed by atoms with Crippen LogP contribution in [0.25, 0.3) is 0 Å². The molecular formula is C16H27N5O2. The summed E-state index contributed by atoms with van der Waals surface area (Å²) in [6, 6.07) is 0.293. The Bertz CT molecular complexity index is 508. The van der Waals surface area contributed by atoms with Crippen LogP contribution in [-0.2, 0) is 11.3 Å². The van der Waals surface area contributed by atoms with Gasteiger partial charge in [-0.05, 0) is 32.9 Å². The molecule has 7 heteroatoms. The number of carbonyl (C=O) groups excluding carboxylic acids is 2. The number of aromatic nitrogens is 2. The van der Waals surface area contributed by atoms with E-state index < -0.39 is 0 Å². The first-order valence-corrected chi connectivity index (χ1v) is 8.43. The summed E-state index contributed by atoms with van der Waals surface area (Å²) in [5.74, 6) is -0.193. The van der Waals surface area contributed by atoms with Crippen LogP contribution in [0.5, 0.6) is 0 Å². The quantitative estimate of drug-likeness (QED) is 0.614. The van der Waals surface area contributed by atoms with E-state index in [4.69, 9.17) is 0 Å². The lowest BCUT2D eigenvalue weighted by Gasteiger charge is -2.22. The van der Waals surface area contributed by atoms with Gasteiger partial charge in [0, 0.05) is 18.8 Å². The van der Waals surface area contributed by atoms with Gasteiger partial charge >= 0.3 is 0 Å². The molecule has 0 saturated heterocycles. The van der Waals surface area contributed by atoms with Crippen LogP contribution in [-0.4, -0.2) is 47.8 Å². The van der Waals surface area contributed by atoms with E-state index in [0.717, 1.165) is 25.8 Å². The van der Waals surface area contributed by atoms with Crippen LogP contribution in [0, 0.1) is 0 Å². The van der Waals surface area contributed by atoms with Crippen molar-refractivity contribution in [1.29, 1.82) is 0 Å². The third-order valence-electron chi connectivity index (χ3n) is 4.06. The third-order valence-corrected chi connectivity index (χ3v) is 4.06. The molecule has 1 aliphatic carbocycles. The van der Waals surface area contributed by atoms with Crippen molar-refractivity contribution >= 4 is 11.8 Å². The van der Waals surface area contributed by atoms with Gasteiger partial charge in [-0.3, -0.25) is 14.3 Å². The van der Waals surface area contributed by atoms with Gasteiger partial charge in [-0.2, -0.15) is 5.10 Å². The van der Waals surface area contributed by atoms with Gasteiger partial charge in [-0.15, -0.1) is 0 Å². The molecule has 2 rings (SSSR count). The first kappa shape index (κ1) is 17.5. The number of carbonyl (C=O) groups is 2. The minimum Gasteiger partial charge on any atom is -0.352 e. The number of nitrogens with one attached hydrogen (secondary N) is 3. The molecule has 1 aromatic rings. The normalized spacial score (nSPS) is 15.3. The topological polar surface area (TPSA) is 88.0 Å². The molecule has 1 saturated carbocycles. The Morgan fingerprint density at radius 1 is 1.26 bits per heavy atom. The highest BCUT2D eigenvalue weighted by Crippen LogP contribution is 2.17. The zero-order valence-corrected chi connectivity index (χ0v) is 13.8. The van der Waals surface area contributed by atoms with Crippen LogP contribution >= 0.6 is 0 Å². The fourth-order valence-electron chi connectivity index (χ4n) is 2.80. The van der Waals surface area contributed by atoms with Crippen LogP contribution in [0.3, 0.4) is 0 Å². The monoisotopic (exact) mass is 321 g/mol. The summed E-state index contributed by atoms with van der Waals surface area (Å²) < 4.78 is 1.51. The Balaban J connectivity index is 1.74. The van der Waals surface area contributed by atoms with E-state index in [-0.39, 0.29) is 18.4 Å². The van der Waals surface area contributed by atoms with E-state index >= 15 is 0 Å². The third kappa shape index (κ3) is 6.02. The molecule has 7 nitrogen and oxygen atoms in total. The lowest BCUT2D eigenvalue weighted by molar-refractivity contribution is -0.122. The zero-order valence-electron chi connectivity index (χ0n) is 13.8. The van der Waals surface area contributed by atoms with E-state index in [0.29, 0.717) is 18.2 Å². The van der Waals surface area contributed by atoms with Gasteiger partial charge in [0.1, 0.15) is 6.54 Å². The van der Waals surface area contributed by atoms with Gasteiger partial charge in [-0.25, -0.2) is 0 Å². The van der Waals surface area contributed by atoms with Crippen molar-refractivity contribution in [3.63, 3.8) is 0 Å². The second-order valence-electron chi connectivity index (χ2n) is 6.04. The van der Waals surface area contributed by atoms with E-state index in [2.05, 4.69) is 21.0 Å². The summed E-state index contributed by atoms with van der Waals surface area (Å²) in [6.45, 7) is 1.64.